The van der Waals surface area contributed by atoms with Gasteiger partial charge in [0, 0.05) is 18.2 Å². The molecule has 3 rings (SSSR count). The van der Waals surface area contributed by atoms with Crippen molar-refractivity contribution < 1.29 is 4.39 Å². The molecule has 5 heteroatoms. The maximum atomic E-state index is 13.6. The van der Waals surface area contributed by atoms with Crippen LogP contribution in [0.3, 0.4) is 0 Å². The summed E-state index contributed by atoms with van der Waals surface area (Å²) in [4.78, 5) is 15.7. The Bertz CT molecular complexity index is 635. The second-order valence-electron chi connectivity index (χ2n) is 3.95. The number of pyridine rings is 2. The highest BCUT2D eigenvalue weighted by Gasteiger charge is 2.26. The molecule has 0 aromatic carbocycles. The fourth-order valence-electron chi connectivity index (χ4n) is 2.34. The van der Waals surface area contributed by atoms with Crippen LogP contribution in [0.25, 0.3) is 11.0 Å². The fraction of sp³-hybridized carbons (Fsp3) is 0.273. The number of rotatable bonds is 1. The van der Waals surface area contributed by atoms with Crippen molar-refractivity contribution in [3.05, 3.63) is 40.1 Å². The van der Waals surface area contributed by atoms with Gasteiger partial charge in [-0.3, -0.25) is 9.78 Å². The maximum absolute atomic E-state index is 13.6. The molecule has 16 heavy (non-hydrogen) atoms. The molecular weight excluding hydrogens is 209 g/mol. The Morgan fingerprint density at radius 1 is 1.56 bits per heavy atom. The molecule has 0 saturated carbocycles. The lowest BCUT2D eigenvalue weighted by molar-refractivity contribution is 0.528. The molecular formula is C11H10FN3O. The van der Waals surface area contributed by atoms with Crippen molar-refractivity contribution in [2.24, 2.45) is 5.73 Å². The molecule has 1 aliphatic rings. The van der Waals surface area contributed by atoms with E-state index in [2.05, 4.69) is 4.98 Å². The normalized spacial score (nSPS) is 18.2. The molecule has 0 spiro atoms. The van der Waals surface area contributed by atoms with Gasteiger partial charge in [-0.05, 0) is 12.5 Å². The largest absolute Gasteiger partial charge is 0.328 e. The van der Waals surface area contributed by atoms with Gasteiger partial charge in [0.1, 0.15) is 5.82 Å². The van der Waals surface area contributed by atoms with Crippen molar-refractivity contribution >= 4 is 11.0 Å². The van der Waals surface area contributed by atoms with Gasteiger partial charge in [0.2, 0.25) is 0 Å². The molecule has 0 radical (unpaired) electrons. The summed E-state index contributed by atoms with van der Waals surface area (Å²) >= 11 is 0. The minimum atomic E-state index is -0.359. The minimum absolute atomic E-state index is 0.144. The van der Waals surface area contributed by atoms with Crippen LogP contribution < -0.4 is 11.3 Å². The highest BCUT2D eigenvalue weighted by molar-refractivity contribution is 5.80. The van der Waals surface area contributed by atoms with E-state index >= 15 is 0 Å². The first-order valence-electron chi connectivity index (χ1n) is 5.11. The molecule has 1 unspecified atom stereocenters. The molecule has 0 saturated heterocycles. The van der Waals surface area contributed by atoms with Crippen molar-refractivity contribution in [2.75, 3.05) is 6.54 Å². The summed E-state index contributed by atoms with van der Waals surface area (Å²) in [6.45, 7) is 0.327. The van der Waals surface area contributed by atoms with Crippen LogP contribution in [0, 0.1) is 5.82 Å². The van der Waals surface area contributed by atoms with Gasteiger partial charge < -0.3 is 10.3 Å². The van der Waals surface area contributed by atoms with Crippen LogP contribution in [0.1, 0.15) is 11.6 Å². The van der Waals surface area contributed by atoms with Crippen LogP contribution in [-0.2, 0) is 6.42 Å². The molecule has 0 fully saturated rings. The van der Waals surface area contributed by atoms with E-state index in [0.717, 1.165) is 0 Å². The van der Waals surface area contributed by atoms with E-state index in [9.17, 15) is 9.18 Å². The zero-order valence-electron chi connectivity index (χ0n) is 8.48. The zero-order valence-corrected chi connectivity index (χ0v) is 8.48. The minimum Gasteiger partial charge on any atom is -0.328 e. The number of nitrogens with zero attached hydrogens (tertiary/aromatic N) is 2. The molecule has 0 bridgehead atoms. The highest BCUT2D eigenvalue weighted by atomic mass is 19.1. The van der Waals surface area contributed by atoms with Crippen LogP contribution >= 0.6 is 0 Å². The van der Waals surface area contributed by atoms with E-state index in [1.165, 1.54) is 12.3 Å². The van der Waals surface area contributed by atoms with Gasteiger partial charge in [-0.2, -0.15) is 0 Å². The second-order valence-corrected chi connectivity index (χ2v) is 3.95. The lowest BCUT2D eigenvalue weighted by Crippen LogP contribution is -2.26. The van der Waals surface area contributed by atoms with Crippen molar-refractivity contribution in [2.45, 2.75) is 12.5 Å². The van der Waals surface area contributed by atoms with E-state index in [1.54, 1.807) is 10.6 Å². The van der Waals surface area contributed by atoms with E-state index in [1.807, 2.05) is 0 Å². The van der Waals surface area contributed by atoms with Gasteiger partial charge in [0.25, 0.3) is 5.56 Å². The summed E-state index contributed by atoms with van der Waals surface area (Å²) < 4.78 is 15.1. The lowest BCUT2D eigenvalue weighted by atomic mass is 10.1. The third-order valence-electron chi connectivity index (χ3n) is 3.07. The Kier molecular flexibility index (Phi) is 1.85. The molecule has 1 atom stereocenters. The first kappa shape index (κ1) is 9.47. The van der Waals surface area contributed by atoms with Crippen LogP contribution in [0.15, 0.2) is 23.1 Å². The standard InChI is InChI=1S/C11H10FN3O/c12-8-5-14-9-1-2-10(16)15-6(4-13)3-7(8)11(9)15/h1-2,5-6H,3-4,13H2. The number of aromatic nitrogens is 2. The van der Waals surface area contributed by atoms with E-state index in [4.69, 9.17) is 5.73 Å². The predicted molar refractivity (Wildman–Crippen MR) is 57.8 cm³/mol. The number of hydrogen-bond donors (Lipinski definition) is 1. The Morgan fingerprint density at radius 2 is 2.38 bits per heavy atom. The molecule has 2 N–H and O–H groups in total. The summed E-state index contributed by atoms with van der Waals surface area (Å²) in [5, 5.41) is 0. The summed E-state index contributed by atoms with van der Waals surface area (Å²) in [6.07, 6.45) is 1.67. The van der Waals surface area contributed by atoms with Gasteiger partial charge in [0.05, 0.1) is 23.3 Å². The van der Waals surface area contributed by atoms with Crippen LogP contribution in [-0.4, -0.2) is 16.1 Å². The molecule has 4 nitrogen and oxygen atoms in total. The molecule has 0 aliphatic carbocycles. The Morgan fingerprint density at radius 3 is 3.12 bits per heavy atom. The Labute approximate surface area is 90.5 Å². The van der Waals surface area contributed by atoms with Crippen molar-refractivity contribution in [1.82, 2.24) is 9.55 Å². The quantitative estimate of drug-likeness (QED) is 0.763. The molecule has 1 aliphatic heterocycles. The topological polar surface area (TPSA) is 60.9 Å². The Balaban J connectivity index is 2.49. The lowest BCUT2D eigenvalue weighted by Gasteiger charge is -2.10. The summed E-state index contributed by atoms with van der Waals surface area (Å²) in [5.74, 6) is -0.359. The van der Waals surface area contributed by atoms with Crippen LogP contribution in [0.5, 0.6) is 0 Å². The number of nitrogens with two attached hydrogens (primary N) is 1. The maximum Gasteiger partial charge on any atom is 0.251 e. The summed E-state index contributed by atoms with van der Waals surface area (Å²) in [7, 11) is 0. The fourth-order valence-corrected chi connectivity index (χ4v) is 2.34. The monoisotopic (exact) mass is 219 g/mol. The zero-order chi connectivity index (χ0) is 11.3. The smallest absolute Gasteiger partial charge is 0.251 e. The van der Waals surface area contributed by atoms with Crippen molar-refractivity contribution in [1.29, 1.82) is 0 Å². The van der Waals surface area contributed by atoms with Gasteiger partial charge >= 0.3 is 0 Å². The van der Waals surface area contributed by atoms with E-state index in [0.29, 0.717) is 29.6 Å². The number of halogens is 1. The average Bonchev–Trinajstić information content (AvgIpc) is 2.68. The Hall–Kier alpha value is -1.75. The number of hydrogen-bond acceptors (Lipinski definition) is 3. The van der Waals surface area contributed by atoms with E-state index in [-0.39, 0.29) is 17.4 Å². The van der Waals surface area contributed by atoms with Gasteiger partial charge in [-0.25, -0.2) is 4.39 Å². The van der Waals surface area contributed by atoms with Gasteiger partial charge in [-0.1, -0.05) is 0 Å². The van der Waals surface area contributed by atoms with Crippen LogP contribution in [0.4, 0.5) is 4.39 Å². The van der Waals surface area contributed by atoms with E-state index < -0.39 is 0 Å². The first-order valence-corrected chi connectivity index (χ1v) is 5.11. The van der Waals surface area contributed by atoms with Crippen LogP contribution in [0.2, 0.25) is 0 Å². The summed E-state index contributed by atoms with van der Waals surface area (Å²) in [5.41, 5.74) is 7.26. The van der Waals surface area contributed by atoms with Crippen molar-refractivity contribution in [3.8, 4) is 0 Å². The van der Waals surface area contributed by atoms with Gasteiger partial charge in [0.15, 0.2) is 0 Å². The highest BCUT2D eigenvalue weighted by Crippen LogP contribution is 2.30. The molecule has 2 aromatic heterocycles. The second kappa shape index (κ2) is 3.12. The molecule has 0 amide bonds. The SMILES string of the molecule is NCC1Cc2c(F)cnc3ccc(=O)n1c23. The third kappa shape index (κ3) is 1.06. The molecule has 3 heterocycles. The third-order valence-corrected chi connectivity index (χ3v) is 3.07. The summed E-state index contributed by atoms with van der Waals surface area (Å²) in [6, 6.07) is 2.92. The average molecular weight is 219 g/mol. The molecule has 2 aromatic rings. The molecule has 82 valence electrons. The first-order chi connectivity index (χ1) is 7.72. The van der Waals surface area contributed by atoms with Crippen molar-refractivity contribution in [3.63, 3.8) is 0 Å². The van der Waals surface area contributed by atoms with Gasteiger partial charge in [-0.15, -0.1) is 0 Å². The predicted octanol–water partition coefficient (Wildman–Crippen LogP) is 0.591.